The van der Waals surface area contributed by atoms with Crippen LogP contribution in [0.4, 0.5) is 11.4 Å². The molecular weight excluding hydrogens is 318 g/mol. The summed E-state index contributed by atoms with van der Waals surface area (Å²) in [4.78, 5) is 10.2. The van der Waals surface area contributed by atoms with Crippen molar-refractivity contribution in [2.24, 2.45) is 0 Å². The van der Waals surface area contributed by atoms with Gasteiger partial charge in [-0.15, -0.1) is 0 Å². The van der Waals surface area contributed by atoms with Crippen molar-refractivity contribution in [1.29, 1.82) is 0 Å². The summed E-state index contributed by atoms with van der Waals surface area (Å²) >= 11 is 5.16. The summed E-state index contributed by atoms with van der Waals surface area (Å²) in [7, 11) is 1.58. The molecule has 2 aromatic rings. The van der Waals surface area contributed by atoms with Gasteiger partial charge in [-0.2, -0.15) is 0 Å². The molecule has 7 nitrogen and oxygen atoms in total. The van der Waals surface area contributed by atoms with Gasteiger partial charge in [0.05, 0.1) is 12.0 Å². The van der Waals surface area contributed by atoms with Gasteiger partial charge >= 0.3 is 0 Å². The van der Waals surface area contributed by atoms with E-state index in [1.807, 2.05) is 0 Å². The number of benzene rings is 2. The molecule has 0 aliphatic rings. The van der Waals surface area contributed by atoms with Gasteiger partial charge < -0.3 is 20.5 Å². The smallest absolute Gasteiger partial charge is 0.270 e. The molecule has 0 spiro atoms. The van der Waals surface area contributed by atoms with Gasteiger partial charge in [-0.1, -0.05) is 0 Å². The Hall–Kier alpha value is -2.87. The average molecular weight is 333 g/mol. The van der Waals surface area contributed by atoms with Gasteiger partial charge in [0.15, 0.2) is 5.11 Å². The topological polar surface area (TPSA) is 96.7 Å². The van der Waals surface area contributed by atoms with Crippen molar-refractivity contribution in [3.63, 3.8) is 0 Å². The quantitative estimate of drug-likeness (QED) is 0.440. The first-order valence-corrected chi connectivity index (χ1v) is 7.05. The summed E-state index contributed by atoms with van der Waals surface area (Å²) in [6.07, 6.45) is 0. The van der Waals surface area contributed by atoms with Crippen LogP contribution in [-0.4, -0.2) is 22.3 Å². The number of thiocarbonyl (C=S) groups is 1. The molecule has 0 fully saturated rings. The van der Waals surface area contributed by atoms with Crippen LogP contribution in [0.15, 0.2) is 42.5 Å². The number of anilines is 1. The normalized spacial score (nSPS) is 9.96. The van der Waals surface area contributed by atoms with E-state index in [1.54, 1.807) is 31.4 Å². The number of nitrogens with zero attached hydrogens (tertiary/aromatic N) is 1. The third-order valence-electron chi connectivity index (χ3n) is 3.06. The van der Waals surface area contributed by atoms with E-state index in [0.29, 0.717) is 10.7 Å². The highest BCUT2D eigenvalue weighted by molar-refractivity contribution is 7.80. The van der Waals surface area contributed by atoms with Crippen LogP contribution in [0.5, 0.6) is 11.5 Å². The van der Waals surface area contributed by atoms with Gasteiger partial charge in [0, 0.05) is 29.9 Å². The lowest BCUT2D eigenvalue weighted by Gasteiger charge is -2.11. The van der Waals surface area contributed by atoms with Crippen molar-refractivity contribution < 1.29 is 14.8 Å². The van der Waals surface area contributed by atoms with Gasteiger partial charge in [-0.25, -0.2) is 0 Å². The molecule has 0 saturated heterocycles. The van der Waals surface area contributed by atoms with Gasteiger partial charge in [0.1, 0.15) is 11.5 Å². The first-order valence-electron chi connectivity index (χ1n) is 6.65. The summed E-state index contributed by atoms with van der Waals surface area (Å²) in [6, 6.07) is 11.0. The Bertz CT molecular complexity index is 719. The lowest BCUT2D eigenvalue weighted by Crippen LogP contribution is -2.27. The molecule has 0 saturated carbocycles. The molecular formula is C15H15N3O4S. The van der Waals surface area contributed by atoms with Crippen molar-refractivity contribution in [1.82, 2.24) is 5.32 Å². The standard InChI is InChI=1S/C15H15N3O4S/c1-22-13-5-2-11(3-6-13)17-15(23)16-9-10-8-12(18(20)21)4-7-14(10)19/h2-8,19H,9H2,1H3,(H2,16,17,23). The Morgan fingerprint density at radius 3 is 2.61 bits per heavy atom. The number of phenols is 1. The average Bonchev–Trinajstić information content (AvgIpc) is 2.54. The monoisotopic (exact) mass is 333 g/mol. The highest BCUT2D eigenvalue weighted by Gasteiger charge is 2.10. The predicted molar refractivity (Wildman–Crippen MR) is 90.8 cm³/mol. The Balaban J connectivity index is 1.96. The molecule has 8 heteroatoms. The second-order valence-electron chi connectivity index (χ2n) is 4.61. The molecule has 0 amide bonds. The number of ether oxygens (including phenoxy) is 1. The zero-order valence-corrected chi connectivity index (χ0v) is 13.1. The number of rotatable bonds is 5. The van der Waals surface area contributed by atoms with E-state index in [0.717, 1.165) is 11.4 Å². The minimum absolute atomic E-state index is 0.0321. The van der Waals surface area contributed by atoms with Crippen LogP contribution in [0, 0.1) is 10.1 Å². The first-order chi connectivity index (χ1) is 11.0. The maximum atomic E-state index is 10.8. The largest absolute Gasteiger partial charge is 0.508 e. The SMILES string of the molecule is COc1ccc(NC(=S)NCc2cc([N+](=O)[O-])ccc2O)cc1. The Morgan fingerprint density at radius 1 is 1.30 bits per heavy atom. The molecule has 0 aliphatic carbocycles. The minimum Gasteiger partial charge on any atom is -0.508 e. The van der Waals surface area contributed by atoms with E-state index in [-0.39, 0.29) is 18.0 Å². The van der Waals surface area contributed by atoms with Crippen LogP contribution in [-0.2, 0) is 6.54 Å². The van der Waals surface area contributed by atoms with E-state index < -0.39 is 4.92 Å². The van der Waals surface area contributed by atoms with E-state index in [4.69, 9.17) is 17.0 Å². The Morgan fingerprint density at radius 2 is 2.00 bits per heavy atom. The van der Waals surface area contributed by atoms with Crippen molar-refractivity contribution in [3.05, 3.63) is 58.1 Å². The maximum Gasteiger partial charge on any atom is 0.270 e. The van der Waals surface area contributed by atoms with Crippen LogP contribution in [0.25, 0.3) is 0 Å². The van der Waals surface area contributed by atoms with Crippen molar-refractivity contribution >= 4 is 28.7 Å². The second kappa shape index (κ2) is 7.41. The molecule has 0 bridgehead atoms. The maximum absolute atomic E-state index is 10.8. The highest BCUT2D eigenvalue weighted by Crippen LogP contribution is 2.22. The molecule has 0 heterocycles. The summed E-state index contributed by atoms with van der Waals surface area (Å²) in [5, 5.41) is 26.7. The zero-order valence-electron chi connectivity index (χ0n) is 12.3. The number of nitro benzene ring substituents is 1. The third-order valence-corrected chi connectivity index (χ3v) is 3.31. The number of hydrogen-bond acceptors (Lipinski definition) is 5. The number of phenolic OH excluding ortho intramolecular Hbond substituents is 1. The fraction of sp³-hybridized carbons (Fsp3) is 0.133. The summed E-state index contributed by atoms with van der Waals surface area (Å²) in [6.45, 7) is 0.162. The Kier molecular flexibility index (Phi) is 5.32. The van der Waals surface area contributed by atoms with Gasteiger partial charge in [0.25, 0.3) is 5.69 Å². The van der Waals surface area contributed by atoms with Crippen molar-refractivity contribution in [2.75, 3.05) is 12.4 Å². The van der Waals surface area contributed by atoms with Crippen molar-refractivity contribution in [3.8, 4) is 11.5 Å². The van der Waals surface area contributed by atoms with Crippen molar-refractivity contribution in [2.45, 2.75) is 6.54 Å². The molecule has 0 atom stereocenters. The molecule has 120 valence electrons. The lowest BCUT2D eigenvalue weighted by atomic mass is 10.2. The van der Waals surface area contributed by atoms with Crippen LogP contribution in [0.3, 0.4) is 0 Å². The molecule has 2 rings (SSSR count). The molecule has 0 unspecified atom stereocenters. The summed E-state index contributed by atoms with van der Waals surface area (Å²) < 4.78 is 5.06. The third kappa shape index (κ3) is 4.55. The van der Waals surface area contributed by atoms with E-state index in [1.165, 1.54) is 18.2 Å². The molecule has 23 heavy (non-hydrogen) atoms. The number of nitrogens with one attached hydrogen (secondary N) is 2. The van der Waals surface area contributed by atoms with Crippen LogP contribution < -0.4 is 15.4 Å². The Labute approximate surface area is 138 Å². The molecule has 0 aliphatic heterocycles. The van der Waals surface area contributed by atoms with Gasteiger partial charge in [-0.3, -0.25) is 10.1 Å². The lowest BCUT2D eigenvalue weighted by molar-refractivity contribution is -0.384. The predicted octanol–water partition coefficient (Wildman–Crippen LogP) is 2.80. The van der Waals surface area contributed by atoms with Crippen LogP contribution >= 0.6 is 12.2 Å². The fourth-order valence-corrected chi connectivity index (χ4v) is 2.04. The van der Waals surface area contributed by atoms with Gasteiger partial charge in [-0.05, 0) is 42.5 Å². The zero-order chi connectivity index (χ0) is 16.8. The van der Waals surface area contributed by atoms with E-state index in [2.05, 4.69) is 10.6 Å². The number of methoxy groups -OCH3 is 1. The number of aromatic hydroxyl groups is 1. The number of non-ortho nitro benzene ring substituents is 1. The molecule has 3 N–H and O–H groups in total. The minimum atomic E-state index is -0.517. The summed E-state index contributed by atoms with van der Waals surface area (Å²) in [5.74, 6) is 0.700. The fourth-order valence-electron chi connectivity index (χ4n) is 1.85. The molecule has 2 aromatic carbocycles. The van der Waals surface area contributed by atoms with Crippen LogP contribution in [0.2, 0.25) is 0 Å². The molecule has 0 radical (unpaired) electrons. The van der Waals surface area contributed by atoms with E-state index in [9.17, 15) is 15.2 Å². The highest BCUT2D eigenvalue weighted by atomic mass is 32.1. The number of hydrogen-bond donors (Lipinski definition) is 3. The van der Waals surface area contributed by atoms with Gasteiger partial charge in [0.2, 0.25) is 0 Å². The molecule has 0 aromatic heterocycles. The second-order valence-corrected chi connectivity index (χ2v) is 5.01. The van der Waals surface area contributed by atoms with E-state index >= 15 is 0 Å². The number of nitro groups is 1. The summed E-state index contributed by atoms with van der Waals surface area (Å²) in [5.41, 5.74) is 1.07. The van der Waals surface area contributed by atoms with Crippen LogP contribution in [0.1, 0.15) is 5.56 Å². The first kappa shape index (κ1) is 16.5.